The van der Waals surface area contributed by atoms with Crippen molar-refractivity contribution in [2.24, 2.45) is 5.73 Å². The highest BCUT2D eigenvalue weighted by Crippen LogP contribution is 2.28. The maximum Gasteiger partial charge on any atom is 0.243 e. The van der Waals surface area contributed by atoms with Gasteiger partial charge >= 0.3 is 0 Å². The summed E-state index contributed by atoms with van der Waals surface area (Å²) in [5.41, 5.74) is 6.42. The van der Waals surface area contributed by atoms with Crippen LogP contribution in [0.1, 0.15) is 25.3 Å². The third-order valence-electron chi connectivity index (χ3n) is 4.03. The fourth-order valence-corrected chi connectivity index (χ4v) is 5.39. The van der Waals surface area contributed by atoms with Crippen molar-refractivity contribution in [3.63, 3.8) is 0 Å². The molecule has 2 N–H and O–H groups in total. The molecule has 22 heavy (non-hydrogen) atoms. The zero-order valence-corrected chi connectivity index (χ0v) is 14.6. The van der Waals surface area contributed by atoms with Crippen LogP contribution in [0.2, 0.25) is 0 Å². The third kappa shape index (κ3) is 3.34. The first kappa shape index (κ1) is 17.4. The third-order valence-corrected chi connectivity index (χ3v) is 7.30. The molecule has 1 aromatic rings. The number of aryl methyl sites for hydroxylation is 1. The molecule has 124 valence electrons. The molecule has 1 saturated heterocycles. The number of hydrogen-bond acceptors (Lipinski definition) is 5. The Labute approximate surface area is 132 Å². The first-order chi connectivity index (χ1) is 10.0. The maximum atomic E-state index is 12.9. The molecule has 0 amide bonds. The molecule has 0 spiro atoms. The van der Waals surface area contributed by atoms with Crippen molar-refractivity contribution in [3.8, 4) is 0 Å². The van der Waals surface area contributed by atoms with E-state index in [0.717, 1.165) is 6.26 Å². The SMILES string of the molecule is Cc1ccc(S(C)(=O)=O)cc1S(=O)(=O)N1CC[C@@H](N)C[C@H]1C. The summed E-state index contributed by atoms with van der Waals surface area (Å²) in [6.07, 6.45) is 2.27. The second kappa shape index (κ2) is 5.92. The Hall–Kier alpha value is -0.960. The van der Waals surface area contributed by atoms with E-state index in [2.05, 4.69) is 0 Å². The van der Waals surface area contributed by atoms with E-state index in [4.69, 9.17) is 5.73 Å². The van der Waals surface area contributed by atoms with Gasteiger partial charge in [-0.3, -0.25) is 0 Å². The minimum atomic E-state index is -3.73. The Bertz CT molecular complexity index is 772. The molecule has 1 aliphatic rings. The van der Waals surface area contributed by atoms with Crippen LogP contribution >= 0.6 is 0 Å². The lowest BCUT2D eigenvalue weighted by Crippen LogP contribution is -2.48. The number of hydrogen-bond donors (Lipinski definition) is 1. The highest BCUT2D eigenvalue weighted by Gasteiger charge is 2.34. The molecule has 1 aliphatic heterocycles. The van der Waals surface area contributed by atoms with Crippen molar-refractivity contribution in [1.82, 2.24) is 4.31 Å². The van der Waals surface area contributed by atoms with Crippen LogP contribution in [0.25, 0.3) is 0 Å². The van der Waals surface area contributed by atoms with E-state index in [1.165, 1.54) is 22.5 Å². The Kier molecular flexibility index (Phi) is 4.68. The van der Waals surface area contributed by atoms with Gasteiger partial charge in [-0.05, 0) is 44.4 Å². The van der Waals surface area contributed by atoms with E-state index in [9.17, 15) is 16.8 Å². The monoisotopic (exact) mass is 346 g/mol. The predicted octanol–water partition coefficient (Wildman–Crippen LogP) is 0.899. The van der Waals surface area contributed by atoms with Gasteiger partial charge in [0.15, 0.2) is 9.84 Å². The quantitative estimate of drug-likeness (QED) is 0.877. The fraction of sp³-hybridized carbons (Fsp3) is 0.571. The molecule has 6 nitrogen and oxygen atoms in total. The zero-order chi connectivity index (χ0) is 16.7. The number of rotatable bonds is 3. The summed E-state index contributed by atoms with van der Waals surface area (Å²) >= 11 is 0. The van der Waals surface area contributed by atoms with Gasteiger partial charge in [-0.2, -0.15) is 4.31 Å². The van der Waals surface area contributed by atoms with E-state index in [0.29, 0.717) is 24.9 Å². The van der Waals surface area contributed by atoms with Crippen molar-refractivity contribution < 1.29 is 16.8 Å². The summed E-state index contributed by atoms with van der Waals surface area (Å²) in [4.78, 5) is 0.0655. The van der Waals surface area contributed by atoms with Gasteiger partial charge in [0.1, 0.15) is 0 Å². The molecule has 0 aromatic heterocycles. The highest BCUT2D eigenvalue weighted by atomic mass is 32.2. The second-order valence-electron chi connectivity index (χ2n) is 5.95. The van der Waals surface area contributed by atoms with E-state index < -0.39 is 19.9 Å². The van der Waals surface area contributed by atoms with Gasteiger partial charge in [0, 0.05) is 24.9 Å². The van der Waals surface area contributed by atoms with Crippen LogP contribution in [0.4, 0.5) is 0 Å². The van der Waals surface area contributed by atoms with E-state index in [1.807, 2.05) is 6.92 Å². The van der Waals surface area contributed by atoms with Crippen LogP contribution in [-0.2, 0) is 19.9 Å². The van der Waals surface area contributed by atoms with Crippen molar-refractivity contribution >= 4 is 19.9 Å². The average Bonchev–Trinajstić information content (AvgIpc) is 2.36. The highest BCUT2D eigenvalue weighted by molar-refractivity contribution is 7.91. The summed E-state index contributed by atoms with van der Waals surface area (Å²) in [5, 5.41) is 0. The fourth-order valence-electron chi connectivity index (χ4n) is 2.76. The Morgan fingerprint density at radius 1 is 1.23 bits per heavy atom. The number of sulfonamides is 1. The molecule has 0 saturated carbocycles. The molecule has 0 aliphatic carbocycles. The Morgan fingerprint density at radius 3 is 2.41 bits per heavy atom. The van der Waals surface area contributed by atoms with Gasteiger partial charge < -0.3 is 5.73 Å². The molecule has 0 unspecified atom stereocenters. The lowest BCUT2D eigenvalue weighted by Gasteiger charge is -2.35. The minimum Gasteiger partial charge on any atom is -0.328 e. The van der Waals surface area contributed by atoms with Crippen LogP contribution in [-0.4, -0.2) is 46.0 Å². The standard InChI is InChI=1S/C14H22N2O4S2/c1-10-4-5-13(21(3,17)18)9-14(10)22(19,20)16-7-6-12(15)8-11(16)2/h4-5,9,11-12H,6-8,15H2,1-3H3/t11-,12-/m1/s1. The molecule has 2 rings (SSSR count). The molecule has 0 bridgehead atoms. The molecule has 2 atom stereocenters. The van der Waals surface area contributed by atoms with Gasteiger partial charge in [-0.25, -0.2) is 16.8 Å². The van der Waals surface area contributed by atoms with Crippen molar-refractivity contribution in [3.05, 3.63) is 23.8 Å². The second-order valence-corrected chi connectivity index (χ2v) is 9.82. The normalized spacial score (nSPS) is 24.4. The van der Waals surface area contributed by atoms with Gasteiger partial charge in [-0.15, -0.1) is 0 Å². The molecule has 1 aromatic carbocycles. The van der Waals surface area contributed by atoms with Crippen molar-refractivity contribution in [1.29, 1.82) is 0 Å². The van der Waals surface area contributed by atoms with Gasteiger partial charge in [0.05, 0.1) is 9.79 Å². The first-order valence-electron chi connectivity index (χ1n) is 7.11. The summed E-state index contributed by atoms with van der Waals surface area (Å²) in [7, 11) is -7.19. The van der Waals surface area contributed by atoms with Crippen molar-refractivity contribution in [2.45, 2.75) is 48.6 Å². The molecule has 0 radical (unpaired) electrons. The van der Waals surface area contributed by atoms with Crippen molar-refractivity contribution in [2.75, 3.05) is 12.8 Å². The summed E-state index contributed by atoms with van der Waals surface area (Å²) in [6, 6.07) is 4.02. The van der Waals surface area contributed by atoms with Crippen LogP contribution < -0.4 is 5.73 Å². The van der Waals surface area contributed by atoms with E-state index in [1.54, 1.807) is 6.92 Å². The van der Waals surface area contributed by atoms with Crippen LogP contribution in [0.5, 0.6) is 0 Å². The topological polar surface area (TPSA) is 97.5 Å². The molecular weight excluding hydrogens is 324 g/mol. The summed E-state index contributed by atoms with van der Waals surface area (Å²) in [5.74, 6) is 0. The number of nitrogens with zero attached hydrogens (tertiary/aromatic N) is 1. The van der Waals surface area contributed by atoms with Crippen LogP contribution in [0.3, 0.4) is 0 Å². The summed E-state index contributed by atoms with van der Waals surface area (Å²) < 4.78 is 50.6. The number of nitrogens with two attached hydrogens (primary N) is 1. The van der Waals surface area contributed by atoms with Gasteiger partial charge in [-0.1, -0.05) is 6.07 Å². The molecular formula is C14H22N2O4S2. The average molecular weight is 346 g/mol. The molecule has 1 heterocycles. The number of piperidine rings is 1. The van der Waals surface area contributed by atoms with Crippen LogP contribution in [0, 0.1) is 6.92 Å². The zero-order valence-electron chi connectivity index (χ0n) is 13.0. The summed E-state index contributed by atoms with van der Waals surface area (Å²) in [6.45, 7) is 3.85. The lowest BCUT2D eigenvalue weighted by molar-refractivity contribution is 0.247. The molecule has 1 fully saturated rings. The predicted molar refractivity (Wildman–Crippen MR) is 84.9 cm³/mol. The Morgan fingerprint density at radius 2 is 1.86 bits per heavy atom. The lowest BCUT2D eigenvalue weighted by atomic mass is 10.0. The molecule has 8 heteroatoms. The number of sulfone groups is 1. The largest absolute Gasteiger partial charge is 0.328 e. The van der Waals surface area contributed by atoms with Gasteiger partial charge in [0.25, 0.3) is 0 Å². The maximum absolute atomic E-state index is 12.9. The van der Waals surface area contributed by atoms with E-state index in [-0.39, 0.29) is 21.9 Å². The smallest absolute Gasteiger partial charge is 0.243 e. The number of benzene rings is 1. The van der Waals surface area contributed by atoms with E-state index >= 15 is 0 Å². The minimum absolute atomic E-state index is 0.00454. The first-order valence-corrected chi connectivity index (χ1v) is 10.4. The Balaban J connectivity index is 2.50. The van der Waals surface area contributed by atoms with Crippen LogP contribution in [0.15, 0.2) is 28.0 Å². The van der Waals surface area contributed by atoms with Gasteiger partial charge in [0.2, 0.25) is 10.0 Å².